The Hall–Kier alpha value is -3.03. The molecule has 0 saturated heterocycles. The molecule has 7 nitrogen and oxygen atoms in total. The maximum Gasteiger partial charge on any atom is 0.231 e. The molecule has 25 heavy (non-hydrogen) atoms. The van der Waals surface area contributed by atoms with Crippen LogP contribution in [0.4, 0.5) is 16.0 Å². The van der Waals surface area contributed by atoms with Gasteiger partial charge in [-0.2, -0.15) is 5.10 Å². The van der Waals surface area contributed by atoms with Crippen LogP contribution in [0.15, 0.2) is 18.3 Å². The minimum atomic E-state index is -1.04. The third kappa shape index (κ3) is 2.69. The molecule has 1 amide bonds. The van der Waals surface area contributed by atoms with E-state index in [-0.39, 0.29) is 12.3 Å². The van der Waals surface area contributed by atoms with E-state index in [0.29, 0.717) is 22.7 Å². The molecule has 128 valence electrons. The maximum atomic E-state index is 13.0. The van der Waals surface area contributed by atoms with Gasteiger partial charge in [-0.15, -0.1) is 0 Å². The highest BCUT2D eigenvalue weighted by Crippen LogP contribution is 2.35. The van der Waals surface area contributed by atoms with Crippen LogP contribution in [0, 0.1) is 19.8 Å². The molecule has 0 unspecified atom stereocenters. The number of rotatable bonds is 3. The van der Waals surface area contributed by atoms with E-state index in [1.807, 2.05) is 19.9 Å². The first kappa shape index (κ1) is 15.5. The second-order valence-corrected chi connectivity index (χ2v) is 6.34. The summed E-state index contributed by atoms with van der Waals surface area (Å²) >= 11 is 0. The number of aromatic nitrogens is 4. The van der Waals surface area contributed by atoms with E-state index in [1.165, 1.54) is 0 Å². The van der Waals surface area contributed by atoms with Gasteiger partial charge in [0, 0.05) is 22.8 Å². The lowest BCUT2D eigenvalue weighted by molar-refractivity contribution is -0.117. The summed E-state index contributed by atoms with van der Waals surface area (Å²) in [6.45, 7) is 3.81. The molecule has 3 aromatic rings. The summed E-state index contributed by atoms with van der Waals surface area (Å²) in [4.78, 5) is 20.5. The van der Waals surface area contributed by atoms with E-state index in [0.717, 1.165) is 22.3 Å². The third-order valence-electron chi connectivity index (χ3n) is 4.43. The number of amides is 1. The van der Waals surface area contributed by atoms with Crippen LogP contribution in [0.25, 0.3) is 22.0 Å². The van der Waals surface area contributed by atoms with Crippen LogP contribution in [-0.2, 0) is 4.79 Å². The average Bonchev–Trinajstić information content (AvgIpc) is 3.20. The molecule has 1 aliphatic rings. The molecule has 1 fully saturated rings. The highest BCUT2D eigenvalue weighted by Gasteiger charge is 2.43. The predicted octanol–water partition coefficient (Wildman–Crippen LogP) is 2.52. The number of nitrogens with one attached hydrogen (secondary N) is 2. The van der Waals surface area contributed by atoms with E-state index >= 15 is 0 Å². The molecule has 1 aliphatic carbocycles. The van der Waals surface area contributed by atoms with Crippen LogP contribution in [0.5, 0.6) is 0 Å². The Labute approximate surface area is 142 Å². The van der Waals surface area contributed by atoms with Crippen molar-refractivity contribution in [3.63, 3.8) is 0 Å². The fourth-order valence-electron chi connectivity index (χ4n) is 2.95. The Morgan fingerprint density at radius 2 is 2.16 bits per heavy atom. The molecular weight excluding hydrogens is 323 g/mol. The largest absolute Gasteiger partial charge is 0.383 e. The molecule has 8 heteroatoms. The number of aryl methyl sites for hydroxylation is 2. The Morgan fingerprint density at radius 3 is 2.80 bits per heavy atom. The Bertz CT molecular complexity index is 979. The monoisotopic (exact) mass is 340 g/mol. The van der Waals surface area contributed by atoms with Crippen LogP contribution in [0.2, 0.25) is 0 Å². The second-order valence-electron chi connectivity index (χ2n) is 6.34. The first-order chi connectivity index (χ1) is 11.9. The number of hydrogen-bond donors (Lipinski definition) is 3. The van der Waals surface area contributed by atoms with Gasteiger partial charge in [-0.25, -0.2) is 14.4 Å². The van der Waals surface area contributed by atoms with Gasteiger partial charge in [0.25, 0.3) is 0 Å². The van der Waals surface area contributed by atoms with Crippen molar-refractivity contribution in [2.24, 2.45) is 5.92 Å². The summed E-state index contributed by atoms with van der Waals surface area (Å²) in [5.74, 6) is -0.187. The number of nitrogens with zero attached hydrogens (tertiary/aromatic N) is 3. The molecule has 4 N–H and O–H groups in total. The molecule has 0 radical (unpaired) electrons. The number of fused-ring (bicyclic) bond motifs is 1. The van der Waals surface area contributed by atoms with Gasteiger partial charge < -0.3 is 11.1 Å². The SMILES string of the molecule is Cc1n[nH]c(C)c1-c1cc2cc(NC(=O)[C@H]3C[C@H]3F)ncc2c(N)n1. The number of hydrogen-bond acceptors (Lipinski definition) is 5. The first-order valence-electron chi connectivity index (χ1n) is 7.97. The minimum absolute atomic E-state index is 0.277. The van der Waals surface area contributed by atoms with Crippen molar-refractivity contribution in [3.8, 4) is 11.3 Å². The highest BCUT2D eigenvalue weighted by molar-refractivity contribution is 5.98. The zero-order chi connectivity index (χ0) is 17.7. The van der Waals surface area contributed by atoms with Crippen LogP contribution in [0.1, 0.15) is 17.8 Å². The van der Waals surface area contributed by atoms with Crippen molar-refractivity contribution in [1.82, 2.24) is 20.2 Å². The van der Waals surface area contributed by atoms with E-state index in [4.69, 9.17) is 5.73 Å². The molecule has 4 rings (SSSR count). The van der Waals surface area contributed by atoms with Crippen molar-refractivity contribution < 1.29 is 9.18 Å². The number of carbonyl (C=O) groups is 1. The van der Waals surface area contributed by atoms with E-state index in [1.54, 1.807) is 12.3 Å². The van der Waals surface area contributed by atoms with E-state index < -0.39 is 12.1 Å². The summed E-state index contributed by atoms with van der Waals surface area (Å²) in [7, 11) is 0. The first-order valence-corrected chi connectivity index (χ1v) is 7.97. The Kier molecular flexibility index (Phi) is 3.41. The standard InChI is InChI=1S/C17H17FN6O/c1-7-15(8(2)24-23-7)13-3-9-4-14(20-6-11(9)16(19)21-13)22-17(25)10-5-12(10)18/h3-4,6,10,12H,5H2,1-2H3,(H2,19,21)(H,23,24)(H,20,22,25)/t10-,12+/m0/s1. The molecule has 3 heterocycles. The maximum absolute atomic E-state index is 13.0. The molecule has 2 atom stereocenters. The van der Waals surface area contributed by atoms with Crippen LogP contribution < -0.4 is 11.1 Å². The van der Waals surface area contributed by atoms with Gasteiger partial charge in [0.05, 0.1) is 17.3 Å². The molecule has 0 aliphatic heterocycles. The van der Waals surface area contributed by atoms with Gasteiger partial charge in [-0.3, -0.25) is 9.89 Å². The summed E-state index contributed by atoms with van der Waals surface area (Å²) in [6, 6.07) is 3.60. The number of aromatic amines is 1. The van der Waals surface area contributed by atoms with Gasteiger partial charge in [0.15, 0.2) is 0 Å². The Balaban J connectivity index is 1.74. The number of alkyl halides is 1. The normalized spacial score (nSPS) is 19.2. The zero-order valence-electron chi connectivity index (χ0n) is 13.8. The average molecular weight is 340 g/mol. The van der Waals surface area contributed by atoms with Crippen LogP contribution in [-0.4, -0.2) is 32.2 Å². The number of pyridine rings is 2. The lowest BCUT2D eigenvalue weighted by atomic mass is 10.1. The molecule has 1 saturated carbocycles. The van der Waals surface area contributed by atoms with Crippen molar-refractivity contribution >= 4 is 28.3 Å². The van der Waals surface area contributed by atoms with Gasteiger partial charge in [-0.05, 0) is 37.8 Å². The van der Waals surface area contributed by atoms with Crippen molar-refractivity contribution in [3.05, 3.63) is 29.7 Å². The molecule has 0 aromatic carbocycles. The van der Waals surface area contributed by atoms with Gasteiger partial charge in [0.2, 0.25) is 5.91 Å². The summed E-state index contributed by atoms with van der Waals surface area (Å²) in [6.07, 6.45) is 0.796. The predicted molar refractivity (Wildman–Crippen MR) is 92.6 cm³/mol. The van der Waals surface area contributed by atoms with Gasteiger partial charge in [-0.1, -0.05) is 0 Å². The van der Waals surface area contributed by atoms with Crippen molar-refractivity contribution in [1.29, 1.82) is 0 Å². The fraction of sp³-hybridized carbons (Fsp3) is 0.294. The molecule has 3 aromatic heterocycles. The molecule has 0 spiro atoms. The lowest BCUT2D eigenvalue weighted by Gasteiger charge is -2.09. The molecule has 0 bridgehead atoms. The number of carbonyl (C=O) groups excluding carboxylic acids is 1. The van der Waals surface area contributed by atoms with Crippen LogP contribution >= 0.6 is 0 Å². The van der Waals surface area contributed by atoms with E-state index in [9.17, 15) is 9.18 Å². The summed E-state index contributed by atoms with van der Waals surface area (Å²) < 4.78 is 13.0. The quantitative estimate of drug-likeness (QED) is 0.679. The summed E-state index contributed by atoms with van der Waals surface area (Å²) in [5, 5.41) is 11.2. The highest BCUT2D eigenvalue weighted by atomic mass is 19.1. The smallest absolute Gasteiger partial charge is 0.231 e. The number of halogens is 1. The number of anilines is 2. The molecular formula is C17H17FN6O. The van der Waals surface area contributed by atoms with Gasteiger partial charge >= 0.3 is 0 Å². The van der Waals surface area contributed by atoms with Crippen molar-refractivity contribution in [2.75, 3.05) is 11.1 Å². The van der Waals surface area contributed by atoms with E-state index in [2.05, 4.69) is 25.5 Å². The topological polar surface area (TPSA) is 110 Å². The zero-order valence-corrected chi connectivity index (χ0v) is 13.8. The fourth-order valence-corrected chi connectivity index (χ4v) is 2.95. The van der Waals surface area contributed by atoms with Crippen LogP contribution in [0.3, 0.4) is 0 Å². The lowest BCUT2D eigenvalue weighted by Crippen LogP contribution is -2.15. The minimum Gasteiger partial charge on any atom is -0.383 e. The third-order valence-corrected chi connectivity index (χ3v) is 4.43. The second kappa shape index (κ2) is 5.51. The number of nitrogen functional groups attached to an aromatic ring is 1. The number of H-pyrrole nitrogens is 1. The van der Waals surface area contributed by atoms with Gasteiger partial charge in [0.1, 0.15) is 17.8 Å². The summed E-state index contributed by atoms with van der Waals surface area (Å²) in [5.41, 5.74) is 9.39. The Morgan fingerprint density at radius 1 is 1.40 bits per heavy atom. The number of nitrogens with two attached hydrogens (primary N) is 1. The van der Waals surface area contributed by atoms with Crippen molar-refractivity contribution in [2.45, 2.75) is 26.4 Å².